The number of rotatable bonds is 15. The SMILES string of the molecule is CCC(CCCCCCCCCCCCC(C)O)S(=O)(=O)O. The molecule has 0 saturated heterocycles. The standard InChI is InChI=1S/C17H36O4S/c1-3-17(22(19,20)21)15-13-11-9-7-5-4-6-8-10-12-14-16(2)18/h16-18H,3-15H2,1-2H3,(H,19,20,21). The molecule has 0 spiro atoms. The zero-order valence-corrected chi connectivity index (χ0v) is 15.3. The molecule has 5 heteroatoms. The van der Waals surface area contributed by atoms with Gasteiger partial charge < -0.3 is 5.11 Å². The van der Waals surface area contributed by atoms with Crippen molar-refractivity contribution in [3.05, 3.63) is 0 Å². The average Bonchev–Trinajstić information content (AvgIpc) is 2.42. The van der Waals surface area contributed by atoms with Crippen LogP contribution in [-0.2, 0) is 10.1 Å². The van der Waals surface area contributed by atoms with Crippen molar-refractivity contribution in [2.24, 2.45) is 0 Å². The number of unbranched alkanes of at least 4 members (excludes halogenated alkanes) is 9. The van der Waals surface area contributed by atoms with Crippen LogP contribution in [0.4, 0.5) is 0 Å². The minimum atomic E-state index is -3.85. The van der Waals surface area contributed by atoms with Crippen molar-refractivity contribution >= 4 is 10.1 Å². The second-order valence-electron chi connectivity index (χ2n) is 6.51. The van der Waals surface area contributed by atoms with Crippen LogP contribution in [0.2, 0.25) is 0 Å². The van der Waals surface area contributed by atoms with Gasteiger partial charge in [-0.05, 0) is 26.2 Å². The first-order valence-corrected chi connectivity index (χ1v) is 10.5. The summed E-state index contributed by atoms with van der Waals surface area (Å²) in [6.45, 7) is 3.65. The van der Waals surface area contributed by atoms with Gasteiger partial charge in [0.25, 0.3) is 10.1 Å². The summed E-state index contributed by atoms with van der Waals surface area (Å²) in [4.78, 5) is 0. The van der Waals surface area contributed by atoms with Gasteiger partial charge in [-0.25, -0.2) is 0 Å². The third kappa shape index (κ3) is 13.5. The molecule has 0 aromatic rings. The van der Waals surface area contributed by atoms with Gasteiger partial charge in [-0.3, -0.25) is 4.55 Å². The summed E-state index contributed by atoms with van der Waals surface area (Å²) in [5.74, 6) is 0. The van der Waals surface area contributed by atoms with Gasteiger partial charge in [0.05, 0.1) is 11.4 Å². The quantitative estimate of drug-likeness (QED) is 0.335. The van der Waals surface area contributed by atoms with Crippen LogP contribution in [-0.4, -0.2) is 29.4 Å². The van der Waals surface area contributed by atoms with Gasteiger partial charge in [-0.1, -0.05) is 71.1 Å². The van der Waals surface area contributed by atoms with Gasteiger partial charge in [0.2, 0.25) is 0 Å². The van der Waals surface area contributed by atoms with E-state index in [0.717, 1.165) is 32.1 Å². The van der Waals surface area contributed by atoms with Crippen LogP contribution in [0.1, 0.15) is 97.3 Å². The molecular weight excluding hydrogens is 300 g/mol. The normalized spacial score (nSPS) is 14.9. The second-order valence-corrected chi connectivity index (χ2v) is 8.20. The number of aliphatic hydroxyl groups excluding tert-OH is 1. The summed E-state index contributed by atoms with van der Waals surface area (Å²) in [5.41, 5.74) is 0. The Morgan fingerprint density at radius 2 is 1.14 bits per heavy atom. The van der Waals surface area contributed by atoms with Gasteiger partial charge in [0, 0.05) is 0 Å². The number of hydrogen-bond acceptors (Lipinski definition) is 3. The van der Waals surface area contributed by atoms with E-state index in [2.05, 4.69) is 0 Å². The molecule has 0 aromatic heterocycles. The summed E-state index contributed by atoms with van der Waals surface area (Å²) in [7, 11) is -3.85. The van der Waals surface area contributed by atoms with Crippen molar-refractivity contribution < 1.29 is 18.1 Å². The molecule has 0 radical (unpaired) electrons. The van der Waals surface area contributed by atoms with E-state index in [1.165, 1.54) is 38.5 Å². The molecule has 2 unspecified atom stereocenters. The van der Waals surface area contributed by atoms with Crippen molar-refractivity contribution in [2.45, 2.75) is 109 Å². The fourth-order valence-corrected chi connectivity index (χ4v) is 3.68. The van der Waals surface area contributed by atoms with E-state index in [9.17, 15) is 8.42 Å². The summed E-state index contributed by atoms with van der Waals surface area (Å²) >= 11 is 0. The highest BCUT2D eigenvalue weighted by Crippen LogP contribution is 2.16. The molecule has 4 nitrogen and oxygen atoms in total. The van der Waals surface area contributed by atoms with Crippen LogP contribution in [0, 0.1) is 0 Å². The molecule has 2 atom stereocenters. The van der Waals surface area contributed by atoms with Crippen LogP contribution in [0.5, 0.6) is 0 Å². The molecule has 0 aliphatic heterocycles. The van der Waals surface area contributed by atoms with Crippen molar-refractivity contribution in [3.8, 4) is 0 Å². The van der Waals surface area contributed by atoms with Crippen molar-refractivity contribution in [2.75, 3.05) is 0 Å². The van der Waals surface area contributed by atoms with Gasteiger partial charge in [0.1, 0.15) is 0 Å². The molecule has 0 fully saturated rings. The summed E-state index contributed by atoms with van der Waals surface area (Å²) < 4.78 is 31.1. The Morgan fingerprint density at radius 3 is 1.45 bits per heavy atom. The van der Waals surface area contributed by atoms with Crippen LogP contribution < -0.4 is 0 Å². The Balaban J connectivity index is 3.30. The number of aliphatic hydroxyl groups is 1. The van der Waals surface area contributed by atoms with Crippen molar-refractivity contribution in [3.63, 3.8) is 0 Å². The van der Waals surface area contributed by atoms with Crippen LogP contribution >= 0.6 is 0 Å². The highest BCUT2D eigenvalue weighted by Gasteiger charge is 2.19. The molecule has 0 saturated carbocycles. The largest absolute Gasteiger partial charge is 0.393 e. The maximum absolute atomic E-state index is 11.1. The molecule has 134 valence electrons. The molecule has 0 aliphatic rings. The lowest BCUT2D eigenvalue weighted by atomic mass is 10.0. The van der Waals surface area contributed by atoms with E-state index in [1.54, 1.807) is 6.92 Å². The first-order valence-electron chi connectivity index (χ1n) is 9.02. The van der Waals surface area contributed by atoms with E-state index in [-0.39, 0.29) is 6.10 Å². The first-order chi connectivity index (χ1) is 10.4. The summed E-state index contributed by atoms with van der Waals surface area (Å²) in [6, 6.07) is 0. The van der Waals surface area contributed by atoms with Gasteiger partial charge in [-0.15, -0.1) is 0 Å². The van der Waals surface area contributed by atoms with Crippen LogP contribution in [0.25, 0.3) is 0 Å². The highest BCUT2D eigenvalue weighted by atomic mass is 32.2. The number of hydrogen-bond donors (Lipinski definition) is 2. The molecule has 0 bridgehead atoms. The molecule has 0 amide bonds. The maximum atomic E-state index is 11.1. The van der Waals surface area contributed by atoms with Crippen molar-refractivity contribution in [1.29, 1.82) is 0 Å². The fourth-order valence-electron chi connectivity index (χ4n) is 2.79. The Bertz CT molecular complexity index is 339. The Morgan fingerprint density at radius 1 is 0.773 bits per heavy atom. The predicted octanol–water partition coefficient (Wildman–Crippen LogP) is 4.71. The van der Waals surface area contributed by atoms with Crippen LogP contribution in [0.15, 0.2) is 0 Å². The summed E-state index contributed by atoms with van der Waals surface area (Å²) in [6.07, 6.45) is 13.6. The van der Waals surface area contributed by atoms with Gasteiger partial charge in [-0.2, -0.15) is 8.42 Å². The minimum Gasteiger partial charge on any atom is -0.393 e. The van der Waals surface area contributed by atoms with Crippen molar-refractivity contribution in [1.82, 2.24) is 0 Å². The van der Waals surface area contributed by atoms with Crippen LogP contribution in [0.3, 0.4) is 0 Å². The lowest BCUT2D eigenvalue weighted by Crippen LogP contribution is -2.19. The van der Waals surface area contributed by atoms with E-state index in [4.69, 9.17) is 9.66 Å². The minimum absolute atomic E-state index is 0.159. The van der Waals surface area contributed by atoms with E-state index in [1.807, 2.05) is 6.92 Å². The molecule has 0 aromatic carbocycles. The predicted molar refractivity (Wildman–Crippen MR) is 92.7 cm³/mol. The lowest BCUT2D eigenvalue weighted by Gasteiger charge is -2.10. The van der Waals surface area contributed by atoms with E-state index < -0.39 is 15.4 Å². The Kier molecular flexibility index (Phi) is 13.2. The van der Waals surface area contributed by atoms with E-state index in [0.29, 0.717) is 12.8 Å². The zero-order chi connectivity index (χ0) is 16.8. The Hall–Kier alpha value is -0.130. The Labute approximate surface area is 137 Å². The second kappa shape index (κ2) is 13.3. The first kappa shape index (κ1) is 21.9. The van der Waals surface area contributed by atoms with E-state index >= 15 is 0 Å². The third-order valence-electron chi connectivity index (χ3n) is 4.27. The summed E-state index contributed by atoms with van der Waals surface area (Å²) in [5, 5.41) is 8.57. The fraction of sp³-hybridized carbons (Fsp3) is 1.00. The molecule has 0 aliphatic carbocycles. The molecule has 22 heavy (non-hydrogen) atoms. The average molecular weight is 337 g/mol. The highest BCUT2D eigenvalue weighted by molar-refractivity contribution is 7.86. The van der Waals surface area contributed by atoms with Gasteiger partial charge in [0.15, 0.2) is 0 Å². The zero-order valence-electron chi connectivity index (χ0n) is 14.5. The molecule has 0 heterocycles. The monoisotopic (exact) mass is 336 g/mol. The lowest BCUT2D eigenvalue weighted by molar-refractivity contribution is 0.180. The molecule has 2 N–H and O–H groups in total. The molecular formula is C17H36O4S. The third-order valence-corrected chi connectivity index (χ3v) is 5.69. The maximum Gasteiger partial charge on any atom is 0.267 e. The van der Waals surface area contributed by atoms with Gasteiger partial charge >= 0.3 is 0 Å². The topological polar surface area (TPSA) is 74.6 Å². The molecule has 0 rings (SSSR count). The smallest absolute Gasteiger partial charge is 0.267 e.